The van der Waals surface area contributed by atoms with Gasteiger partial charge in [0, 0.05) is 18.3 Å². The van der Waals surface area contributed by atoms with Crippen molar-refractivity contribution in [2.75, 3.05) is 6.61 Å². The molecule has 0 fully saturated rings. The van der Waals surface area contributed by atoms with Crippen molar-refractivity contribution in [1.82, 2.24) is 5.43 Å². The summed E-state index contributed by atoms with van der Waals surface area (Å²) in [5.41, 5.74) is 2.38. The average molecular weight is 303 g/mol. The van der Waals surface area contributed by atoms with Crippen LogP contribution in [0.15, 0.2) is 41.5 Å². The third-order valence-electron chi connectivity index (χ3n) is 3.20. The second-order valence-corrected chi connectivity index (χ2v) is 4.90. The summed E-state index contributed by atoms with van der Waals surface area (Å²) in [7, 11) is 0. The van der Waals surface area contributed by atoms with E-state index in [9.17, 15) is 14.9 Å². The Labute approximate surface area is 127 Å². The topological polar surface area (TPSA) is 93.8 Å². The largest absolute Gasteiger partial charge is 0.484 e. The molecule has 0 heterocycles. The number of rotatable bonds is 6. The first-order valence-electron chi connectivity index (χ1n) is 6.99. The van der Waals surface area contributed by atoms with Crippen LogP contribution in [0.3, 0.4) is 0 Å². The van der Waals surface area contributed by atoms with E-state index in [-0.39, 0.29) is 18.2 Å². The van der Waals surface area contributed by atoms with Gasteiger partial charge in [0.25, 0.3) is 11.6 Å². The lowest BCUT2D eigenvalue weighted by atomic mass is 9.96. The van der Waals surface area contributed by atoms with Gasteiger partial charge in [0.05, 0.1) is 4.92 Å². The first-order valence-corrected chi connectivity index (χ1v) is 6.99. The van der Waals surface area contributed by atoms with Gasteiger partial charge in [-0.25, -0.2) is 5.43 Å². The van der Waals surface area contributed by atoms with Gasteiger partial charge >= 0.3 is 0 Å². The fourth-order valence-corrected chi connectivity index (χ4v) is 2.01. The molecular formula is C15H17N3O4. The maximum Gasteiger partial charge on any atom is 0.277 e. The quantitative estimate of drug-likeness (QED) is 0.378. The Morgan fingerprint density at radius 3 is 2.82 bits per heavy atom. The second kappa shape index (κ2) is 7.92. The average Bonchev–Trinajstić information content (AvgIpc) is 2.54. The van der Waals surface area contributed by atoms with E-state index in [1.54, 1.807) is 6.21 Å². The molecule has 0 bridgehead atoms. The summed E-state index contributed by atoms with van der Waals surface area (Å²) in [6.45, 7) is -0.195. The Morgan fingerprint density at radius 2 is 2.18 bits per heavy atom. The van der Waals surface area contributed by atoms with Crippen molar-refractivity contribution in [3.05, 3.63) is 46.5 Å². The number of nitrogens with zero attached hydrogens (tertiary/aromatic N) is 2. The smallest absolute Gasteiger partial charge is 0.277 e. The number of hydrazone groups is 1. The van der Waals surface area contributed by atoms with Crippen molar-refractivity contribution in [1.29, 1.82) is 0 Å². The molecule has 1 aromatic rings. The second-order valence-electron chi connectivity index (χ2n) is 4.90. The number of allylic oxidation sites excluding steroid dienone is 2. The highest BCUT2D eigenvalue weighted by Crippen LogP contribution is 2.17. The maximum absolute atomic E-state index is 11.6. The Kier molecular flexibility index (Phi) is 5.65. The standard InChI is InChI=1S/C15H17N3O4/c19-15(17-16-10-12-4-2-1-3-5-12)11-22-14-8-6-13(7-9-14)18(20)21/h1-2,6-10,12H,3-5,11H2,(H,17,19)/b16-10-/t12-/m1/s1. The fourth-order valence-electron chi connectivity index (χ4n) is 2.01. The van der Waals surface area contributed by atoms with Gasteiger partial charge in [-0.1, -0.05) is 12.2 Å². The Hall–Kier alpha value is -2.70. The normalized spacial score (nSPS) is 17.4. The predicted molar refractivity (Wildman–Crippen MR) is 81.7 cm³/mol. The molecule has 7 heteroatoms. The molecule has 0 radical (unpaired) electrons. The van der Waals surface area contributed by atoms with Crippen molar-refractivity contribution in [3.8, 4) is 5.75 Å². The van der Waals surface area contributed by atoms with E-state index in [2.05, 4.69) is 22.7 Å². The minimum Gasteiger partial charge on any atom is -0.484 e. The molecule has 1 atom stereocenters. The number of nitro benzene ring substituents is 1. The molecule has 0 saturated heterocycles. The number of hydrogen-bond donors (Lipinski definition) is 1. The summed E-state index contributed by atoms with van der Waals surface area (Å²) in [6, 6.07) is 5.54. The van der Waals surface area contributed by atoms with E-state index in [1.165, 1.54) is 24.3 Å². The van der Waals surface area contributed by atoms with Crippen LogP contribution in [-0.2, 0) is 4.79 Å². The molecule has 0 aliphatic heterocycles. The molecule has 0 aromatic heterocycles. The summed E-state index contributed by atoms with van der Waals surface area (Å²) in [5.74, 6) is 0.379. The highest BCUT2D eigenvalue weighted by atomic mass is 16.6. The van der Waals surface area contributed by atoms with Gasteiger partial charge in [-0.2, -0.15) is 5.10 Å². The zero-order valence-electron chi connectivity index (χ0n) is 12.0. The lowest BCUT2D eigenvalue weighted by Crippen LogP contribution is -2.25. The summed E-state index contributed by atoms with van der Waals surface area (Å²) >= 11 is 0. The minimum atomic E-state index is -0.494. The van der Waals surface area contributed by atoms with E-state index in [0.29, 0.717) is 11.7 Å². The van der Waals surface area contributed by atoms with Gasteiger partial charge in [-0.3, -0.25) is 14.9 Å². The van der Waals surface area contributed by atoms with Gasteiger partial charge < -0.3 is 4.74 Å². The van der Waals surface area contributed by atoms with E-state index in [0.717, 1.165) is 19.3 Å². The molecule has 1 aliphatic carbocycles. The van der Waals surface area contributed by atoms with Crippen molar-refractivity contribution < 1.29 is 14.5 Å². The molecule has 1 N–H and O–H groups in total. The third-order valence-corrected chi connectivity index (χ3v) is 3.20. The highest BCUT2D eigenvalue weighted by molar-refractivity contribution is 5.78. The molecule has 1 aromatic carbocycles. The van der Waals surface area contributed by atoms with E-state index < -0.39 is 4.92 Å². The van der Waals surface area contributed by atoms with E-state index in [4.69, 9.17) is 4.74 Å². The van der Waals surface area contributed by atoms with Crippen LogP contribution < -0.4 is 10.2 Å². The third kappa shape index (κ3) is 5.01. The number of nitrogens with one attached hydrogen (secondary N) is 1. The van der Waals surface area contributed by atoms with Crippen molar-refractivity contribution >= 4 is 17.8 Å². The predicted octanol–water partition coefficient (Wildman–Crippen LogP) is 2.43. The Bertz CT molecular complexity index is 581. The van der Waals surface area contributed by atoms with Gasteiger partial charge in [0.1, 0.15) is 5.75 Å². The lowest BCUT2D eigenvalue weighted by Gasteiger charge is -2.11. The number of ether oxygens (including phenoxy) is 1. The zero-order chi connectivity index (χ0) is 15.8. The summed E-state index contributed by atoms with van der Waals surface area (Å²) in [6.07, 6.45) is 9.01. The fraction of sp³-hybridized carbons (Fsp3) is 0.333. The Morgan fingerprint density at radius 1 is 1.41 bits per heavy atom. The molecule has 0 saturated carbocycles. The van der Waals surface area contributed by atoms with Gasteiger partial charge in [0.15, 0.2) is 6.61 Å². The number of hydrogen-bond acceptors (Lipinski definition) is 5. The molecule has 0 spiro atoms. The van der Waals surface area contributed by atoms with Crippen LogP contribution in [-0.4, -0.2) is 23.7 Å². The summed E-state index contributed by atoms with van der Waals surface area (Å²) in [4.78, 5) is 21.6. The molecule has 7 nitrogen and oxygen atoms in total. The van der Waals surface area contributed by atoms with Crippen LogP contribution in [0.1, 0.15) is 19.3 Å². The van der Waals surface area contributed by atoms with Crippen molar-refractivity contribution in [2.45, 2.75) is 19.3 Å². The number of amides is 1. The number of carbonyl (C=O) groups excluding carboxylic acids is 1. The molecule has 2 rings (SSSR count). The molecule has 1 aliphatic rings. The molecule has 22 heavy (non-hydrogen) atoms. The van der Waals surface area contributed by atoms with Crippen LogP contribution >= 0.6 is 0 Å². The number of benzene rings is 1. The zero-order valence-corrected chi connectivity index (χ0v) is 12.0. The van der Waals surface area contributed by atoms with Crippen LogP contribution in [0.4, 0.5) is 5.69 Å². The van der Waals surface area contributed by atoms with Crippen molar-refractivity contribution in [3.63, 3.8) is 0 Å². The molecule has 0 unspecified atom stereocenters. The number of nitro groups is 1. The minimum absolute atomic E-state index is 0.0251. The number of non-ortho nitro benzene ring substituents is 1. The SMILES string of the molecule is O=C(COc1ccc([N+](=O)[O-])cc1)N/N=C\[C@@H]1CC=CCC1. The van der Waals surface area contributed by atoms with Crippen LogP contribution in [0.5, 0.6) is 5.75 Å². The van der Waals surface area contributed by atoms with Crippen LogP contribution in [0.25, 0.3) is 0 Å². The van der Waals surface area contributed by atoms with E-state index >= 15 is 0 Å². The van der Waals surface area contributed by atoms with Crippen molar-refractivity contribution in [2.24, 2.45) is 11.0 Å². The molecule has 1 amide bonds. The van der Waals surface area contributed by atoms with Gasteiger partial charge in [-0.15, -0.1) is 0 Å². The van der Waals surface area contributed by atoms with Gasteiger partial charge in [0.2, 0.25) is 0 Å². The van der Waals surface area contributed by atoms with E-state index in [1.807, 2.05) is 0 Å². The lowest BCUT2D eigenvalue weighted by molar-refractivity contribution is -0.384. The summed E-state index contributed by atoms with van der Waals surface area (Å²) in [5, 5.41) is 14.4. The maximum atomic E-state index is 11.6. The van der Waals surface area contributed by atoms with Gasteiger partial charge in [-0.05, 0) is 37.3 Å². The summed E-state index contributed by atoms with van der Waals surface area (Å²) < 4.78 is 5.23. The monoisotopic (exact) mass is 303 g/mol. The van der Waals surface area contributed by atoms with Crippen LogP contribution in [0, 0.1) is 16.0 Å². The number of carbonyl (C=O) groups is 1. The first kappa shape index (κ1) is 15.7. The highest BCUT2D eigenvalue weighted by Gasteiger charge is 2.08. The Balaban J connectivity index is 1.71. The molecule has 116 valence electrons. The first-order chi connectivity index (χ1) is 10.6. The van der Waals surface area contributed by atoms with Crippen LogP contribution in [0.2, 0.25) is 0 Å². The molecular weight excluding hydrogens is 286 g/mol.